The van der Waals surface area contributed by atoms with Crippen molar-refractivity contribution in [1.82, 2.24) is 5.43 Å². The first-order chi connectivity index (χ1) is 14.1. The van der Waals surface area contributed by atoms with E-state index in [0.717, 1.165) is 0 Å². The molecule has 0 atom stereocenters. The molecule has 29 heavy (non-hydrogen) atoms. The second-order valence-corrected chi connectivity index (χ2v) is 6.66. The highest BCUT2D eigenvalue weighted by Crippen LogP contribution is 2.29. The minimum Gasteiger partial charge on any atom is -0.490 e. The Kier molecular flexibility index (Phi) is 6.70. The second kappa shape index (κ2) is 9.61. The molecule has 3 aromatic rings. The Morgan fingerprint density at radius 2 is 1.93 bits per heavy atom. The number of esters is 1. The largest absolute Gasteiger partial charge is 0.490 e. The summed E-state index contributed by atoms with van der Waals surface area (Å²) in [5.74, 6) is -0.681. The number of benzene rings is 2. The van der Waals surface area contributed by atoms with Crippen LogP contribution >= 0.6 is 11.3 Å². The molecule has 1 aromatic heterocycles. The maximum atomic E-state index is 12.9. The summed E-state index contributed by atoms with van der Waals surface area (Å²) >= 11 is 1.29. The average molecular weight is 412 g/mol. The number of amides is 1. The van der Waals surface area contributed by atoms with Gasteiger partial charge in [0.25, 0.3) is 5.91 Å². The van der Waals surface area contributed by atoms with E-state index >= 15 is 0 Å². The lowest BCUT2D eigenvalue weighted by atomic mass is 10.2. The summed E-state index contributed by atoms with van der Waals surface area (Å²) < 4.78 is 23.9. The highest BCUT2D eigenvalue weighted by Gasteiger charge is 2.14. The van der Waals surface area contributed by atoms with E-state index in [0.29, 0.717) is 22.8 Å². The third-order valence-corrected chi connectivity index (χ3v) is 4.53. The van der Waals surface area contributed by atoms with Gasteiger partial charge in [-0.05, 0) is 66.4 Å². The molecule has 0 saturated carbocycles. The fourth-order valence-corrected chi connectivity index (χ4v) is 2.93. The number of carbonyl (C=O) groups excluding carboxylic acids is 2. The predicted octanol–water partition coefficient (Wildman–Crippen LogP) is 4.27. The molecule has 6 nitrogen and oxygen atoms in total. The summed E-state index contributed by atoms with van der Waals surface area (Å²) in [6.45, 7) is 2.19. The first-order valence-electron chi connectivity index (χ1n) is 8.68. The van der Waals surface area contributed by atoms with Gasteiger partial charge < -0.3 is 9.47 Å². The van der Waals surface area contributed by atoms with Crippen LogP contribution in [0.3, 0.4) is 0 Å². The number of hydrazone groups is 1. The van der Waals surface area contributed by atoms with Crippen LogP contribution in [0.2, 0.25) is 0 Å². The molecule has 0 fully saturated rings. The molecule has 1 N–H and O–H groups in total. The fourth-order valence-electron chi connectivity index (χ4n) is 2.33. The van der Waals surface area contributed by atoms with Crippen LogP contribution in [0, 0.1) is 5.82 Å². The van der Waals surface area contributed by atoms with Crippen molar-refractivity contribution in [3.63, 3.8) is 0 Å². The van der Waals surface area contributed by atoms with E-state index in [2.05, 4.69) is 10.5 Å². The van der Waals surface area contributed by atoms with Crippen molar-refractivity contribution >= 4 is 29.4 Å². The summed E-state index contributed by atoms with van der Waals surface area (Å²) in [5.41, 5.74) is 3.28. The van der Waals surface area contributed by atoms with Crippen molar-refractivity contribution in [3.05, 3.63) is 81.8 Å². The summed E-state index contributed by atoms with van der Waals surface area (Å²) in [5, 5.41) is 5.68. The van der Waals surface area contributed by atoms with Crippen molar-refractivity contribution in [2.24, 2.45) is 5.10 Å². The number of rotatable bonds is 7. The Bertz CT molecular complexity index is 1020. The number of nitrogens with one attached hydrogen (secondary N) is 1. The van der Waals surface area contributed by atoms with Gasteiger partial charge in [-0.15, -0.1) is 11.3 Å². The zero-order valence-electron chi connectivity index (χ0n) is 15.4. The molecule has 1 amide bonds. The zero-order valence-corrected chi connectivity index (χ0v) is 16.2. The van der Waals surface area contributed by atoms with Gasteiger partial charge >= 0.3 is 5.97 Å². The molecule has 3 rings (SSSR count). The van der Waals surface area contributed by atoms with Gasteiger partial charge in [0.1, 0.15) is 10.7 Å². The van der Waals surface area contributed by atoms with E-state index in [9.17, 15) is 14.0 Å². The summed E-state index contributed by atoms with van der Waals surface area (Å²) in [4.78, 5) is 24.6. The quantitative estimate of drug-likeness (QED) is 0.272. The molecule has 0 aliphatic heterocycles. The SMILES string of the molecule is CCOc1cc(C=NNC(=O)c2ccc(F)cc2)ccc1OC(=O)c1cccs1. The molecule has 148 valence electrons. The molecule has 0 spiro atoms. The summed E-state index contributed by atoms with van der Waals surface area (Å²) in [7, 11) is 0. The minimum absolute atomic E-state index is 0.286. The molecule has 2 aromatic carbocycles. The molecule has 8 heteroatoms. The van der Waals surface area contributed by atoms with E-state index in [1.807, 2.05) is 6.92 Å². The van der Waals surface area contributed by atoms with Crippen molar-refractivity contribution in [3.8, 4) is 11.5 Å². The zero-order chi connectivity index (χ0) is 20.6. The molecular weight excluding hydrogens is 395 g/mol. The van der Waals surface area contributed by atoms with Crippen molar-refractivity contribution in [1.29, 1.82) is 0 Å². The van der Waals surface area contributed by atoms with Crippen molar-refractivity contribution < 1.29 is 23.5 Å². The van der Waals surface area contributed by atoms with E-state index in [1.54, 1.807) is 35.7 Å². The molecule has 0 bridgehead atoms. The molecule has 0 aliphatic carbocycles. The first kappa shape index (κ1) is 20.2. The highest BCUT2D eigenvalue weighted by atomic mass is 32.1. The van der Waals surface area contributed by atoms with E-state index in [1.165, 1.54) is 41.8 Å². The summed E-state index contributed by atoms with van der Waals surface area (Å²) in [6.07, 6.45) is 1.43. The standard InChI is InChI=1S/C21H17FN2O4S/c1-2-27-18-12-14(5-10-17(18)28-21(26)19-4-3-11-29-19)13-23-24-20(25)15-6-8-16(22)9-7-15/h3-13H,2H2,1H3,(H,24,25). The number of hydrogen-bond acceptors (Lipinski definition) is 6. The fraction of sp³-hybridized carbons (Fsp3) is 0.0952. The number of thiophene rings is 1. The topological polar surface area (TPSA) is 77.0 Å². The first-order valence-corrected chi connectivity index (χ1v) is 9.56. The summed E-state index contributed by atoms with van der Waals surface area (Å²) in [6, 6.07) is 13.5. The van der Waals surface area contributed by atoms with Gasteiger partial charge in [-0.3, -0.25) is 4.79 Å². The molecule has 1 heterocycles. The van der Waals surface area contributed by atoms with Gasteiger partial charge in [-0.1, -0.05) is 6.07 Å². The monoisotopic (exact) mass is 412 g/mol. The van der Waals surface area contributed by atoms with Crippen LogP contribution in [0.25, 0.3) is 0 Å². The van der Waals surface area contributed by atoms with Gasteiger partial charge in [0.15, 0.2) is 11.5 Å². The van der Waals surface area contributed by atoms with Crippen LogP contribution in [-0.2, 0) is 0 Å². The highest BCUT2D eigenvalue weighted by molar-refractivity contribution is 7.12. The number of carbonyl (C=O) groups is 2. The lowest BCUT2D eigenvalue weighted by Gasteiger charge is -2.10. The van der Waals surface area contributed by atoms with Crippen LogP contribution in [-0.4, -0.2) is 24.7 Å². The Labute approximate surface area is 170 Å². The van der Waals surface area contributed by atoms with Gasteiger partial charge in [0.2, 0.25) is 0 Å². The van der Waals surface area contributed by atoms with Gasteiger partial charge in [0, 0.05) is 5.56 Å². The van der Waals surface area contributed by atoms with Gasteiger partial charge in [-0.2, -0.15) is 5.10 Å². The third-order valence-electron chi connectivity index (χ3n) is 3.68. The smallest absolute Gasteiger partial charge is 0.353 e. The van der Waals surface area contributed by atoms with Gasteiger partial charge in [0.05, 0.1) is 12.8 Å². The second-order valence-electron chi connectivity index (χ2n) is 5.71. The number of halogens is 1. The Morgan fingerprint density at radius 3 is 2.62 bits per heavy atom. The maximum Gasteiger partial charge on any atom is 0.353 e. The van der Waals surface area contributed by atoms with Crippen molar-refractivity contribution in [2.45, 2.75) is 6.92 Å². The molecule has 0 saturated heterocycles. The third kappa shape index (κ3) is 5.49. The molecule has 0 aliphatic rings. The predicted molar refractivity (Wildman–Crippen MR) is 108 cm³/mol. The average Bonchev–Trinajstić information content (AvgIpc) is 3.25. The van der Waals surface area contributed by atoms with E-state index < -0.39 is 17.7 Å². The van der Waals surface area contributed by atoms with Crippen LogP contribution in [0.4, 0.5) is 4.39 Å². The number of hydrogen-bond donors (Lipinski definition) is 1. The van der Waals surface area contributed by atoms with Crippen LogP contribution in [0.1, 0.15) is 32.5 Å². The van der Waals surface area contributed by atoms with Crippen LogP contribution in [0.15, 0.2) is 65.1 Å². The van der Waals surface area contributed by atoms with E-state index in [-0.39, 0.29) is 11.3 Å². The Balaban J connectivity index is 1.68. The maximum absolute atomic E-state index is 12.9. The minimum atomic E-state index is -0.465. The number of ether oxygens (including phenoxy) is 2. The molecule has 0 unspecified atom stereocenters. The normalized spacial score (nSPS) is 10.7. The number of nitrogens with zero attached hydrogens (tertiary/aromatic N) is 1. The van der Waals surface area contributed by atoms with Gasteiger partial charge in [-0.25, -0.2) is 14.6 Å². The molecule has 0 radical (unpaired) electrons. The Hall–Kier alpha value is -3.52. The lowest BCUT2D eigenvalue weighted by molar-refractivity contribution is 0.0733. The van der Waals surface area contributed by atoms with Crippen molar-refractivity contribution in [2.75, 3.05) is 6.61 Å². The Morgan fingerprint density at radius 1 is 1.14 bits per heavy atom. The van der Waals surface area contributed by atoms with E-state index in [4.69, 9.17) is 9.47 Å². The molecular formula is C21H17FN2O4S. The van der Waals surface area contributed by atoms with Crippen LogP contribution in [0.5, 0.6) is 11.5 Å². The van der Waals surface area contributed by atoms with Crippen LogP contribution < -0.4 is 14.9 Å². The lowest BCUT2D eigenvalue weighted by Crippen LogP contribution is -2.17.